The third-order valence-corrected chi connectivity index (χ3v) is 3.93. The minimum absolute atomic E-state index is 0.0558. The highest BCUT2D eigenvalue weighted by Gasteiger charge is 2.12. The third-order valence-electron chi connectivity index (χ3n) is 3.93. The summed E-state index contributed by atoms with van der Waals surface area (Å²) in [7, 11) is 0. The molecule has 26 heavy (non-hydrogen) atoms. The number of carbonyl (C=O) groups excluding carboxylic acids is 2. The second kappa shape index (κ2) is 7.79. The van der Waals surface area contributed by atoms with E-state index in [4.69, 9.17) is 4.74 Å². The van der Waals surface area contributed by atoms with Crippen LogP contribution in [0.15, 0.2) is 78.9 Å². The minimum Gasteiger partial charge on any atom is -0.491 e. The molecule has 0 N–H and O–H groups in total. The average molecular weight is 344 g/mol. The first-order valence-corrected chi connectivity index (χ1v) is 8.56. The van der Waals surface area contributed by atoms with Gasteiger partial charge in [-0.2, -0.15) is 0 Å². The lowest BCUT2D eigenvalue weighted by Gasteiger charge is -2.10. The zero-order valence-electron chi connectivity index (χ0n) is 14.8. The van der Waals surface area contributed by atoms with Gasteiger partial charge in [-0.05, 0) is 38.1 Å². The van der Waals surface area contributed by atoms with E-state index in [1.54, 1.807) is 60.7 Å². The minimum atomic E-state index is -0.0835. The molecule has 0 unspecified atom stereocenters. The van der Waals surface area contributed by atoms with Crippen LogP contribution in [0.5, 0.6) is 5.75 Å². The molecule has 3 aromatic carbocycles. The van der Waals surface area contributed by atoms with Crippen molar-refractivity contribution in [1.82, 2.24) is 0 Å². The van der Waals surface area contributed by atoms with E-state index in [0.29, 0.717) is 22.3 Å². The third kappa shape index (κ3) is 4.06. The molecule has 3 aromatic rings. The fraction of sp³-hybridized carbons (Fsp3) is 0.130. The van der Waals surface area contributed by atoms with E-state index in [1.165, 1.54) is 0 Å². The summed E-state index contributed by atoms with van der Waals surface area (Å²) < 4.78 is 5.59. The molecule has 3 nitrogen and oxygen atoms in total. The van der Waals surface area contributed by atoms with E-state index in [9.17, 15) is 9.59 Å². The molecule has 0 atom stereocenters. The highest BCUT2D eigenvalue weighted by atomic mass is 16.5. The van der Waals surface area contributed by atoms with Crippen LogP contribution in [-0.4, -0.2) is 17.7 Å². The molecule has 0 fully saturated rings. The Bertz CT molecular complexity index is 892. The molecule has 0 aromatic heterocycles. The van der Waals surface area contributed by atoms with E-state index in [0.717, 1.165) is 5.75 Å². The summed E-state index contributed by atoms with van der Waals surface area (Å²) in [5.74, 6) is 0.597. The fourth-order valence-corrected chi connectivity index (χ4v) is 2.65. The number of carbonyl (C=O) groups is 2. The maximum atomic E-state index is 12.6. The summed E-state index contributed by atoms with van der Waals surface area (Å²) >= 11 is 0. The lowest BCUT2D eigenvalue weighted by Crippen LogP contribution is -2.06. The highest BCUT2D eigenvalue weighted by Crippen LogP contribution is 2.18. The van der Waals surface area contributed by atoms with Gasteiger partial charge >= 0.3 is 0 Å². The second-order valence-corrected chi connectivity index (χ2v) is 6.29. The van der Waals surface area contributed by atoms with Crippen LogP contribution in [0, 0.1) is 0 Å². The maximum absolute atomic E-state index is 12.6. The summed E-state index contributed by atoms with van der Waals surface area (Å²) in [5.41, 5.74) is 2.33. The topological polar surface area (TPSA) is 43.4 Å². The van der Waals surface area contributed by atoms with E-state index >= 15 is 0 Å². The van der Waals surface area contributed by atoms with E-state index in [2.05, 4.69) is 0 Å². The van der Waals surface area contributed by atoms with Gasteiger partial charge in [0, 0.05) is 22.3 Å². The van der Waals surface area contributed by atoms with Crippen molar-refractivity contribution >= 4 is 11.6 Å². The van der Waals surface area contributed by atoms with Crippen molar-refractivity contribution in [2.24, 2.45) is 0 Å². The van der Waals surface area contributed by atoms with Gasteiger partial charge in [0.25, 0.3) is 0 Å². The Morgan fingerprint density at radius 1 is 0.615 bits per heavy atom. The van der Waals surface area contributed by atoms with Crippen LogP contribution < -0.4 is 4.74 Å². The van der Waals surface area contributed by atoms with Crippen LogP contribution in [-0.2, 0) is 0 Å². The molecule has 0 saturated heterocycles. The summed E-state index contributed by atoms with van der Waals surface area (Å²) in [5, 5.41) is 0. The van der Waals surface area contributed by atoms with Gasteiger partial charge in [-0.1, -0.05) is 54.6 Å². The Morgan fingerprint density at radius 3 is 1.42 bits per heavy atom. The number of hydrogen-bond acceptors (Lipinski definition) is 3. The highest BCUT2D eigenvalue weighted by molar-refractivity contribution is 6.11. The zero-order chi connectivity index (χ0) is 18.5. The van der Waals surface area contributed by atoms with Gasteiger partial charge < -0.3 is 4.74 Å². The van der Waals surface area contributed by atoms with Crippen LogP contribution in [0.2, 0.25) is 0 Å². The van der Waals surface area contributed by atoms with Crippen LogP contribution >= 0.6 is 0 Å². The number of rotatable bonds is 6. The molecule has 0 amide bonds. The van der Waals surface area contributed by atoms with Crippen LogP contribution in [0.25, 0.3) is 0 Å². The van der Waals surface area contributed by atoms with Gasteiger partial charge in [0.05, 0.1) is 6.10 Å². The molecule has 0 aliphatic heterocycles. The quantitative estimate of drug-likeness (QED) is 0.595. The molecular formula is C23H20O3. The number of ketones is 2. The SMILES string of the molecule is CC(C)Oc1ccc(C(=O)c2ccc(C(=O)c3ccccc3)cc2)cc1. The molecule has 3 rings (SSSR count). The van der Waals surface area contributed by atoms with Crippen molar-refractivity contribution in [1.29, 1.82) is 0 Å². The standard InChI is InChI=1S/C23H20O3/c1-16(2)26-21-14-12-20(13-15-21)23(25)19-10-8-18(9-11-19)22(24)17-6-4-3-5-7-17/h3-16H,1-2H3. The van der Waals surface area contributed by atoms with Crippen molar-refractivity contribution in [3.8, 4) is 5.75 Å². The Labute approximate surface area is 153 Å². The summed E-state index contributed by atoms with van der Waals surface area (Å²) in [6, 6.07) is 23.0. The molecule has 3 heteroatoms. The molecule has 0 aliphatic carbocycles. The predicted molar refractivity (Wildman–Crippen MR) is 102 cm³/mol. The Balaban J connectivity index is 1.76. The first kappa shape index (κ1) is 17.6. The van der Waals surface area contributed by atoms with Gasteiger partial charge in [-0.25, -0.2) is 0 Å². The predicted octanol–water partition coefficient (Wildman–Crippen LogP) is 4.94. The van der Waals surface area contributed by atoms with Gasteiger partial charge in [0.15, 0.2) is 11.6 Å². The monoisotopic (exact) mass is 344 g/mol. The average Bonchev–Trinajstić information content (AvgIpc) is 2.68. The van der Waals surface area contributed by atoms with Crippen LogP contribution in [0.4, 0.5) is 0 Å². The summed E-state index contributed by atoms with van der Waals surface area (Å²) in [4.78, 5) is 25.0. The lowest BCUT2D eigenvalue weighted by molar-refractivity contribution is 0.102. The normalized spacial score (nSPS) is 10.6. The lowest BCUT2D eigenvalue weighted by atomic mass is 9.98. The van der Waals surface area contributed by atoms with E-state index in [-0.39, 0.29) is 17.7 Å². The Kier molecular flexibility index (Phi) is 5.28. The van der Waals surface area contributed by atoms with Gasteiger partial charge in [0.2, 0.25) is 0 Å². The fourth-order valence-electron chi connectivity index (χ4n) is 2.65. The molecule has 0 bridgehead atoms. The number of ether oxygens (including phenoxy) is 1. The smallest absolute Gasteiger partial charge is 0.193 e. The first-order valence-electron chi connectivity index (χ1n) is 8.56. The molecule has 0 aliphatic rings. The summed E-state index contributed by atoms with van der Waals surface area (Å²) in [6.45, 7) is 3.91. The van der Waals surface area contributed by atoms with Gasteiger partial charge in [0.1, 0.15) is 5.75 Å². The molecule has 0 radical (unpaired) electrons. The molecular weight excluding hydrogens is 324 g/mol. The largest absolute Gasteiger partial charge is 0.491 e. The van der Waals surface area contributed by atoms with Crippen molar-refractivity contribution in [2.45, 2.75) is 20.0 Å². The summed E-state index contributed by atoms with van der Waals surface area (Å²) in [6.07, 6.45) is 0.0891. The van der Waals surface area contributed by atoms with Gasteiger partial charge in [-0.3, -0.25) is 9.59 Å². The van der Waals surface area contributed by atoms with Crippen molar-refractivity contribution in [3.05, 3.63) is 101 Å². The van der Waals surface area contributed by atoms with E-state index in [1.807, 2.05) is 32.0 Å². The first-order chi connectivity index (χ1) is 12.5. The number of benzene rings is 3. The Morgan fingerprint density at radius 2 is 1.00 bits per heavy atom. The van der Waals surface area contributed by atoms with E-state index < -0.39 is 0 Å². The zero-order valence-corrected chi connectivity index (χ0v) is 14.8. The van der Waals surface area contributed by atoms with Crippen molar-refractivity contribution < 1.29 is 14.3 Å². The molecule has 0 heterocycles. The Hall–Kier alpha value is -3.20. The number of hydrogen-bond donors (Lipinski definition) is 0. The van der Waals surface area contributed by atoms with Crippen LogP contribution in [0.3, 0.4) is 0 Å². The van der Waals surface area contributed by atoms with Crippen molar-refractivity contribution in [3.63, 3.8) is 0 Å². The second-order valence-electron chi connectivity index (χ2n) is 6.29. The molecule has 130 valence electrons. The van der Waals surface area contributed by atoms with Gasteiger partial charge in [-0.15, -0.1) is 0 Å². The van der Waals surface area contributed by atoms with Crippen LogP contribution in [0.1, 0.15) is 45.7 Å². The molecule has 0 saturated carbocycles. The molecule has 0 spiro atoms. The van der Waals surface area contributed by atoms with Crippen molar-refractivity contribution in [2.75, 3.05) is 0 Å². The maximum Gasteiger partial charge on any atom is 0.193 e.